The maximum atomic E-state index is 13.0. The van der Waals surface area contributed by atoms with E-state index in [1.165, 1.54) is 49.6 Å². The van der Waals surface area contributed by atoms with Gasteiger partial charge in [-0.1, -0.05) is 18.2 Å². The first-order valence-corrected chi connectivity index (χ1v) is 11.1. The number of amides is 1. The topological polar surface area (TPSA) is 102 Å². The highest BCUT2D eigenvalue weighted by Crippen LogP contribution is 2.27. The minimum Gasteiger partial charge on any atom is -0.495 e. The third-order valence-electron chi connectivity index (χ3n) is 4.52. The van der Waals surface area contributed by atoms with E-state index in [4.69, 9.17) is 4.74 Å². The Morgan fingerprint density at radius 2 is 1.66 bits per heavy atom. The van der Waals surface area contributed by atoms with Crippen molar-refractivity contribution in [2.75, 3.05) is 17.1 Å². The number of anilines is 2. The molecule has 0 saturated heterocycles. The van der Waals surface area contributed by atoms with Crippen molar-refractivity contribution in [3.63, 3.8) is 0 Å². The van der Waals surface area contributed by atoms with E-state index < -0.39 is 21.7 Å². The summed E-state index contributed by atoms with van der Waals surface area (Å²) in [7, 11) is -2.50. The Hall–Kier alpha value is -3.72. The molecule has 0 spiro atoms. The van der Waals surface area contributed by atoms with E-state index >= 15 is 0 Å². The average molecular weight is 456 g/mol. The minimum atomic E-state index is -3.94. The fourth-order valence-corrected chi connectivity index (χ4v) is 4.02. The molecular weight excluding hydrogens is 435 g/mol. The number of carbonyl (C=O) groups excluding carboxylic acids is 2. The molecule has 0 heterocycles. The van der Waals surface area contributed by atoms with Crippen LogP contribution in [0.2, 0.25) is 0 Å². The number of nitrogens with one attached hydrogen (secondary N) is 2. The second-order valence-corrected chi connectivity index (χ2v) is 8.49. The van der Waals surface area contributed by atoms with Crippen LogP contribution < -0.4 is 14.8 Å². The largest absolute Gasteiger partial charge is 0.495 e. The van der Waals surface area contributed by atoms with Crippen molar-refractivity contribution in [1.29, 1.82) is 0 Å². The maximum absolute atomic E-state index is 13.0. The molecule has 32 heavy (non-hydrogen) atoms. The summed E-state index contributed by atoms with van der Waals surface area (Å²) in [6.45, 7) is 0. The summed E-state index contributed by atoms with van der Waals surface area (Å²) in [5.74, 6) is -0.828. The van der Waals surface area contributed by atoms with Gasteiger partial charge in [0.15, 0.2) is 5.78 Å². The number of benzene rings is 3. The van der Waals surface area contributed by atoms with E-state index in [1.807, 2.05) is 0 Å². The number of methoxy groups -OCH3 is 1. The van der Waals surface area contributed by atoms with E-state index in [1.54, 1.807) is 30.3 Å². The van der Waals surface area contributed by atoms with Crippen LogP contribution in [0.1, 0.15) is 23.2 Å². The first kappa shape index (κ1) is 23.0. The van der Waals surface area contributed by atoms with Crippen LogP contribution in [-0.4, -0.2) is 27.2 Å². The molecule has 2 N–H and O–H groups in total. The molecule has 3 aromatic carbocycles. The van der Waals surface area contributed by atoms with Crippen molar-refractivity contribution in [2.24, 2.45) is 0 Å². The predicted molar refractivity (Wildman–Crippen MR) is 119 cm³/mol. The van der Waals surface area contributed by atoms with Gasteiger partial charge in [0.1, 0.15) is 11.6 Å². The number of halogens is 1. The molecule has 9 heteroatoms. The van der Waals surface area contributed by atoms with Gasteiger partial charge in [-0.05, 0) is 54.6 Å². The van der Waals surface area contributed by atoms with Crippen LogP contribution in [0.4, 0.5) is 15.8 Å². The first-order valence-electron chi connectivity index (χ1n) is 9.63. The Morgan fingerprint density at radius 1 is 0.938 bits per heavy atom. The van der Waals surface area contributed by atoms with Crippen molar-refractivity contribution in [1.82, 2.24) is 0 Å². The molecule has 0 aliphatic carbocycles. The monoisotopic (exact) mass is 456 g/mol. The summed E-state index contributed by atoms with van der Waals surface area (Å²) in [6, 6.07) is 17.4. The molecule has 0 radical (unpaired) electrons. The van der Waals surface area contributed by atoms with Gasteiger partial charge in [-0.25, -0.2) is 12.8 Å². The zero-order valence-electron chi connectivity index (χ0n) is 17.2. The van der Waals surface area contributed by atoms with E-state index in [0.29, 0.717) is 11.3 Å². The van der Waals surface area contributed by atoms with Gasteiger partial charge >= 0.3 is 0 Å². The molecule has 0 aromatic heterocycles. The van der Waals surface area contributed by atoms with E-state index in [-0.39, 0.29) is 34.9 Å². The van der Waals surface area contributed by atoms with Gasteiger partial charge in [-0.15, -0.1) is 0 Å². The first-order chi connectivity index (χ1) is 15.3. The number of hydrogen-bond donors (Lipinski definition) is 2. The number of para-hydroxylation sites is 2. The molecule has 3 aromatic rings. The van der Waals surface area contributed by atoms with Crippen molar-refractivity contribution < 1.29 is 27.1 Å². The van der Waals surface area contributed by atoms with Crippen LogP contribution in [0.3, 0.4) is 0 Å². The molecule has 0 atom stereocenters. The van der Waals surface area contributed by atoms with Crippen LogP contribution in [-0.2, 0) is 14.8 Å². The summed E-state index contributed by atoms with van der Waals surface area (Å²) < 4.78 is 46.1. The van der Waals surface area contributed by atoms with Crippen molar-refractivity contribution in [2.45, 2.75) is 17.7 Å². The van der Waals surface area contributed by atoms with Crippen molar-refractivity contribution >= 4 is 33.1 Å². The zero-order chi connectivity index (χ0) is 23.1. The molecule has 7 nitrogen and oxygen atoms in total. The SMILES string of the molecule is COc1ccccc1NS(=O)(=O)c1cccc(NC(=O)CCC(=O)c2ccc(F)cc2)c1. The van der Waals surface area contributed by atoms with Crippen LogP contribution in [0.5, 0.6) is 5.75 Å². The predicted octanol–water partition coefficient (Wildman–Crippen LogP) is 4.24. The van der Waals surface area contributed by atoms with Gasteiger partial charge in [-0.3, -0.25) is 14.3 Å². The van der Waals surface area contributed by atoms with Gasteiger partial charge in [0.05, 0.1) is 17.7 Å². The smallest absolute Gasteiger partial charge is 0.262 e. The number of ketones is 1. The third kappa shape index (κ3) is 5.92. The quantitative estimate of drug-likeness (QED) is 0.469. The molecule has 1 amide bonds. The van der Waals surface area contributed by atoms with Gasteiger partial charge in [0.2, 0.25) is 5.91 Å². The van der Waals surface area contributed by atoms with E-state index in [2.05, 4.69) is 10.0 Å². The molecule has 3 rings (SSSR count). The van der Waals surface area contributed by atoms with Crippen LogP contribution in [0.15, 0.2) is 77.7 Å². The van der Waals surface area contributed by atoms with E-state index in [0.717, 1.165) is 0 Å². The number of carbonyl (C=O) groups is 2. The van der Waals surface area contributed by atoms with Crippen molar-refractivity contribution in [3.8, 4) is 5.75 Å². The minimum absolute atomic E-state index is 0.0522. The normalized spacial score (nSPS) is 10.9. The Kier molecular flexibility index (Phi) is 7.21. The average Bonchev–Trinajstić information content (AvgIpc) is 2.78. The third-order valence-corrected chi connectivity index (χ3v) is 5.89. The highest BCUT2D eigenvalue weighted by atomic mass is 32.2. The summed E-state index contributed by atoms with van der Waals surface area (Å²) >= 11 is 0. The Morgan fingerprint density at radius 3 is 2.38 bits per heavy atom. The number of hydrogen-bond acceptors (Lipinski definition) is 5. The molecule has 0 unspecified atom stereocenters. The molecule has 0 fully saturated rings. The Balaban J connectivity index is 1.64. The van der Waals surface area contributed by atoms with Crippen LogP contribution in [0, 0.1) is 5.82 Å². The fraction of sp³-hybridized carbons (Fsp3) is 0.130. The fourth-order valence-electron chi connectivity index (χ4n) is 2.90. The lowest BCUT2D eigenvalue weighted by Crippen LogP contribution is -2.16. The molecule has 0 aliphatic rings. The highest BCUT2D eigenvalue weighted by Gasteiger charge is 2.17. The second kappa shape index (κ2) is 10.1. The summed E-state index contributed by atoms with van der Waals surface area (Å²) in [4.78, 5) is 24.3. The number of Topliss-reactive ketones (excluding diaryl/α,β-unsaturated/α-hetero) is 1. The summed E-state index contributed by atoms with van der Waals surface area (Å²) in [6.07, 6.45) is -0.169. The highest BCUT2D eigenvalue weighted by molar-refractivity contribution is 7.92. The van der Waals surface area contributed by atoms with Crippen LogP contribution >= 0.6 is 0 Å². The lowest BCUT2D eigenvalue weighted by Gasteiger charge is -2.12. The number of ether oxygens (including phenoxy) is 1. The second-order valence-electron chi connectivity index (χ2n) is 6.81. The molecular formula is C23H21FN2O5S. The zero-order valence-corrected chi connectivity index (χ0v) is 18.0. The lowest BCUT2D eigenvalue weighted by molar-refractivity contribution is -0.116. The van der Waals surface area contributed by atoms with Gasteiger partial charge in [0, 0.05) is 24.1 Å². The molecule has 0 bridgehead atoms. The molecule has 0 aliphatic heterocycles. The Bertz CT molecular complexity index is 1230. The van der Waals surface area contributed by atoms with Gasteiger partial charge < -0.3 is 10.1 Å². The summed E-state index contributed by atoms with van der Waals surface area (Å²) in [5, 5.41) is 2.59. The summed E-state index contributed by atoms with van der Waals surface area (Å²) in [5.41, 5.74) is 0.866. The lowest BCUT2D eigenvalue weighted by atomic mass is 10.1. The molecule has 166 valence electrons. The number of sulfonamides is 1. The van der Waals surface area contributed by atoms with Crippen molar-refractivity contribution in [3.05, 3.63) is 84.2 Å². The van der Waals surface area contributed by atoms with Crippen LogP contribution in [0.25, 0.3) is 0 Å². The van der Waals surface area contributed by atoms with Gasteiger partial charge in [-0.2, -0.15) is 0 Å². The molecule has 0 saturated carbocycles. The Labute approximate surface area is 185 Å². The van der Waals surface area contributed by atoms with E-state index in [9.17, 15) is 22.4 Å². The number of rotatable bonds is 9. The van der Waals surface area contributed by atoms with Gasteiger partial charge in [0.25, 0.3) is 10.0 Å². The maximum Gasteiger partial charge on any atom is 0.262 e. The standard InChI is InChI=1S/C23H21FN2O5S/c1-31-22-8-3-2-7-20(22)26-32(29,30)19-6-4-5-18(15-19)25-23(28)14-13-21(27)16-9-11-17(24)12-10-16/h2-12,15,26H,13-14H2,1H3,(H,25,28).